The first-order chi connectivity index (χ1) is 26.2. The standard InChI is InChI=1S/C54H40/c1-53(2)49-16-10-9-15-44(49)47-31-52-48(32-51(47)53)45-24-23-39(30-50(45)54(52,3)4)42-28-40-13-7-8-14-43(40)46(29-42)41-22-21-37-26-36(19-20-38(37)27-41)35-18-17-33-11-5-6-12-34(33)25-35/h5-32H,1-4H3. The molecule has 0 fully saturated rings. The molecule has 9 aromatic carbocycles. The van der Waals surface area contributed by atoms with E-state index in [0.717, 1.165) is 0 Å². The van der Waals surface area contributed by atoms with Crippen LogP contribution in [0.2, 0.25) is 0 Å². The van der Waals surface area contributed by atoms with Crippen LogP contribution in [0.25, 0.3) is 88.0 Å². The molecule has 9 aromatic rings. The van der Waals surface area contributed by atoms with E-state index in [1.54, 1.807) is 0 Å². The molecule has 2 aliphatic carbocycles. The van der Waals surface area contributed by atoms with Gasteiger partial charge >= 0.3 is 0 Å². The average Bonchev–Trinajstić information content (AvgIpc) is 3.57. The van der Waals surface area contributed by atoms with Gasteiger partial charge in [-0.1, -0.05) is 149 Å². The van der Waals surface area contributed by atoms with Crippen LogP contribution in [0.15, 0.2) is 170 Å². The van der Waals surface area contributed by atoms with Gasteiger partial charge in [0.1, 0.15) is 0 Å². The highest BCUT2D eigenvalue weighted by atomic mass is 14.4. The first kappa shape index (κ1) is 31.3. The number of fused-ring (bicyclic) bond motifs is 9. The lowest BCUT2D eigenvalue weighted by atomic mass is 9.79. The molecule has 2 aliphatic rings. The quantitative estimate of drug-likeness (QED) is 0.173. The zero-order chi connectivity index (χ0) is 36.3. The van der Waals surface area contributed by atoms with Crippen LogP contribution >= 0.6 is 0 Å². The van der Waals surface area contributed by atoms with Crippen LogP contribution in [0.1, 0.15) is 49.9 Å². The SMILES string of the molecule is CC1(C)c2ccccc2-c2cc3c(cc21)-c1ccc(-c2cc(-c4ccc5cc(-c6ccc7ccccc7c6)ccc5c4)c4ccccc4c2)cc1C3(C)C. The molecule has 256 valence electrons. The van der Waals surface area contributed by atoms with Crippen LogP contribution in [0.5, 0.6) is 0 Å². The van der Waals surface area contributed by atoms with Crippen molar-refractivity contribution in [2.75, 3.05) is 0 Å². The topological polar surface area (TPSA) is 0 Å². The molecule has 11 rings (SSSR count). The van der Waals surface area contributed by atoms with Gasteiger partial charge in [-0.05, 0) is 159 Å². The minimum Gasteiger partial charge on any atom is -0.0619 e. The third kappa shape index (κ3) is 4.50. The lowest BCUT2D eigenvalue weighted by molar-refractivity contribution is 0.652. The molecule has 0 nitrogen and oxygen atoms in total. The predicted molar refractivity (Wildman–Crippen MR) is 230 cm³/mol. The van der Waals surface area contributed by atoms with E-state index in [4.69, 9.17) is 0 Å². The zero-order valence-electron chi connectivity index (χ0n) is 31.2. The van der Waals surface area contributed by atoms with E-state index < -0.39 is 0 Å². The third-order valence-corrected chi connectivity index (χ3v) is 12.8. The summed E-state index contributed by atoms with van der Waals surface area (Å²) in [4.78, 5) is 0. The Kier molecular flexibility index (Phi) is 6.46. The van der Waals surface area contributed by atoms with Gasteiger partial charge in [-0.25, -0.2) is 0 Å². The van der Waals surface area contributed by atoms with E-state index >= 15 is 0 Å². The van der Waals surface area contributed by atoms with Crippen molar-refractivity contribution >= 4 is 32.3 Å². The van der Waals surface area contributed by atoms with Crippen LogP contribution < -0.4 is 0 Å². The van der Waals surface area contributed by atoms with Crippen molar-refractivity contribution in [3.8, 4) is 55.6 Å². The molecule has 0 aliphatic heterocycles. The average molecular weight is 689 g/mol. The first-order valence-corrected chi connectivity index (χ1v) is 19.2. The summed E-state index contributed by atoms with van der Waals surface area (Å²) in [7, 11) is 0. The molecular formula is C54H40. The van der Waals surface area contributed by atoms with Gasteiger partial charge in [0.05, 0.1) is 0 Å². The van der Waals surface area contributed by atoms with Crippen molar-refractivity contribution in [3.63, 3.8) is 0 Å². The van der Waals surface area contributed by atoms with E-state index in [-0.39, 0.29) is 10.8 Å². The number of hydrogen-bond donors (Lipinski definition) is 0. The predicted octanol–water partition coefficient (Wildman–Crippen LogP) is 14.8. The molecule has 0 spiro atoms. The van der Waals surface area contributed by atoms with Crippen LogP contribution in [0.4, 0.5) is 0 Å². The summed E-state index contributed by atoms with van der Waals surface area (Å²) in [6.45, 7) is 9.58. The van der Waals surface area contributed by atoms with Crippen LogP contribution in [0.3, 0.4) is 0 Å². The summed E-state index contributed by atoms with van der Waals surface area (Å²) in [5, 5.41) is 7.59. The summed E-state index contributed by atoms with van der Waals surface area (Å²) < 4.78 is 0. The maximum Gasteiger partial charge on any atom is 0.0159 e. The summed E-state index contributed by atoms with van der Waals surface area (Å²) in [6.07, 6.45) is 0. The van der Waals surface area contributed by atoms with E-state index in [1.807, 2.05) is 0 Å². The second kappa shape index (κ2) is 11.1. The Balaban J connectivity index is 0.999. The number of benzene rings is 9. The Bertz CT molecular complexity index is 3040. The van der Waals surface area contributed by atoms with E-state index in [0.29, 0.717) is 0 Å². The van der Waals surface area contributed by atoms with E-state index in [9.17, 15) is 0 Å². The molecule has 0 unspecified atom stereocenters. The van der Waals surface area contributed by atoms with Gasteiger partial charge in [0, 0.05) is 10.8 Å². The van der Waals surface area contributed by atoms with Gasteiger partial charge in [-0.2, -0.15) is 0 Å². The van der Waals surface area contributed by atoms with Crippen LogP contribution in [0, 0.1) is 0 Å². The fraction of sp³-hybridized carbons (Fsp3) is 0.111. The molecule has 54 heavy (non-hydrogen) atoms. The Labute approximate surface area is 317 Å². The molecule has 0 aromatic heterocycles. The molecule has 0 N–H and O–H groups in total. The number of hydrogen-bond acceptors (Lipinski definition) is 0. The summed E-state index contributed by atoms with van der Waals surface area (Å²) in [6, 6.07) is 64.0. The second-order valence-electron chi connectivity index (χ2n) is 16.6. The minimum atomic E-state index is -0.110. The Morgan fingerprint density at radius 2 is 0.722 bits per heavy atom. The lowest BCUT2D eigenvalue weighted by Gasteiger charge is -2.24. The third-order valence-electron chi connectivity index (χ3n) is 12.8. The largest absolute Gasteiger partial charge is 0.0619 e. The Hall–Kier alpha value is -6.24. The minimum absolute atomic E-state index is 0.0163. The molecule has 0 heterocycles. The Morgan fingerprint density at radius 3 is 1.46 bits per heavy atom. The highest BCUT2D eigenvalue weighted by Gasteiger charge is 2.41. The van der Waals surface area contributed by atoms with Gasteiger partial charge < -0.3 is 0 Å². The fourth-order valence-corrected chi connectivity index (χ4v) is 9.79. The number of rotatable bonds is 3. The molecular weight excluding hydrogens is 649 g/mol. The van der Waals surface area contributed by atoms with Crippen molar-refractivity contribution in [2.45, 2.75) is 38.5 Å². The van der Waals surface area contributed by atoms with Crippen molar-refractivity contribution in [1.29, 1.82) is 0 Å². The van der Waals surface area contributed by atoms with E-state index in [1.165, 1.54) is 110 Å². The normalized spacial score (nSPS) is 14.6. The zero-order valence-corrected chi connectivity index (χ0v) is 31.2. The maximum atomic E-state index is 2.51. The van der Waals surface area contributed by atoms with Gasteiger partial charge in [-0.3, -0.25) is 0 Å². The van der Waals surface area contributed by atoms with E-state index in [2.05, 4.69) is 198 Å². The summed E-state index contributed by atoms with van der Waals surface area (Å²) in [5.74, 6) is 0. The molecule has 0 saturated heterocycles. The maximum absolute atomic E-state index is 2.51. The monoisotopic (exact) mass is 688 g/mol. The molecule has 0 atom stereocenters. The molecule has 0 saturated carbocycles. The van der Waals surface area contributed by atoms with Crippen LogP contribution in [-0.2, 0) is 10.8 Å². The van der Waals surface area contributed by atoms with Crippen LogP contribution in [-0.4, -0.2) is 0 Å². The first-order valence-electron chi connectivity index (χ1n) is 19.2. The van der Waals surface area contributed by atoms with Gasteiger partial charge in [0.15, 0.2) is 0 Å². The van der Waals surface area contributed by atoms with Gasteiger partial charge in [0.2, 0.25) is 0 Å². The molecule has 0 amide bonds. The van der Waals surface area contributed by atoms with Crippen molar-refractivity contribution in [1.82, 2.24) is 0 Å². The molecule has 0 radical (unpaired) electrons. The second-order valence-corrected chi connectivity index (χ2v) is 16.6. The summed E-state index contributed by atoms with van der Waals surface area (Å²) in [5.41, 5.74) is 18.6. The molecule has 0 heteroatoms. The fourth-order valence-electron chi connectivity index (χ4n) is 9.79. The van der Waals surface area contributed by atoms with Gasteiger partial charge in [-0.15, -0.1) is 0 Å². The van der Waals surface area contributed by atoms with Gasteiger partial charge in [0.25, 0.3) is 0 Å². The van der Waals surface area contributed by atoms with Crippen molar-refractivity contribution in [3.05, 3.63) is 192 Å². The van der Waals surface area contributed by atoms with Crippen molar-refractivity contribution in [2.24, 2.45) is 0 Å². The highest BCUT2D eigenvalue weighted by molar-refractivity contribution is 6.03. The Morgan fingerprint density at radius 1 is 0.259 bits per heavy atom. The lowest BCUT2D eigenvalue weighted by Crippen LogP contribution is -2.17. The smallest absolute Gasteiger partial charge is 0.0159 e. The van der Waals surface area contributed by atoms with Crippen molar-refractivity contribution < 1.29 is 0 Å². The summed E-state index contributed by atoms with van der Waals surface area (Å²) >= 11 is 0. The highest BCUT2D eigenvalue weighted by Crippen LogP contribution is 2.56. The molecule has 0 bridgehead atoms.